The Morgan fingerprint density at radius 2 is 1.83 bits per heavy atom. The summed E-state index contributed by atoms with van der Waals surface area (Å²) in [5.41, 5.74) is 1.82. The van der Waals surface area contributed by atoms with Gasteiger partial charge in [-0.3, -0.25) is 9.10 Å². The number of hydrogen-bond donors (Lipinski definition) is 1. The summed E-state index contributed by atoms with van der Waals surface area (Å²) < 4.78 is 33.7. The molecular weight excluding hydrogens is 400 g/mol. The van der Waals surface area contributed by atoms with Gasteiger partial charge in [0.05, 0.1) is 17.1 Å². The molecule has 1 atom stereocenters. The molecule has 1 aliphatic heterocycles. The number of allylic oxidation sites excluding steroid dienone is 1. The van der Waals surface area contributed by atoms with Crippen molar-refractivity contribution in [3.05, 3.63) is 66.2 Å². The molecule has 0 saturated carbocycles. The monoisotopic (exact) mass is 426 g/mol. The lowest BCUT2D eigenvalue weighted by Crippen LogP contribution is -2.50. The van der Waals surface area contributed by atoms with Gasteiger partial charge in [-0.15, -0.1) is 0 Å². The minimum absolute atomic E-state index is 0.0667. The van der Waals surface area contributed by atoms with Crippen molar-refractivity contribution in [3.63, 3.8) is 0 Å². The molecule has 0 spiro atoms. The summed E-state index contributed by atoms with van der Waals surface area (Å²) in [5.74, 6) is 0.0903. The van der Waals surface area contributed by atoms with E-state index in [2.05, 4.69) is 11.4 Å². The lowest BCUT2D eigenvalue weighted by atomic mass is 9.97. The van der Waals surface area contributed by atoms with Gasteiger partial charge in [-0.05, 0) is 56.4 Å². The summed E-state index contributed by atoms with van der Waals surface area (Å²) in [6, 6.07) is 15.2. The second kappa shape index (κ2) is 8.92. The van der Waals surface area contributed by atoms with Crippen LogP contribution in [-0.2, 0) is 14.8 Å². The first-order valence-corrected chi connectivity index (χ1v) is 11.8. The summed E-state index contributed by atoms with van der Waals surface area (Å²) in [6.07, 6.45) is 6.81. The summed E-state index contributed by atoms with van der Waals surface area (Å²) in [4.78, 5) is 13.0. The number of amides is 1. The van der Waals surface area contributed by atoms with Crippen LogP contribution in [0.3, 0.4) is 0 Å². The number of para-hydroxylation sites is 2. The number of nitrogens with one attached hydrogen (secondary N) is 1. The zero-order valence-electron chi connectivity index (χ0n) is 16.8. The first-order chi connectivity index (χ1) is 14.6. The standard InChI is InChI=1S/C23H26N2O4S/c26-23(24-16-15-18-9-3-1-4-10-18)22-17-25(20-13-7-8-14-21(20)29-22)30(27,28)19-11-5-2-6-12-19/h2,5-9,11-14,22H,1,3-4,10,15-17H2,(H,24,26)/t22-/m0/s1. The van der Waals surface area contributed by atoms with Crippen LogP contribution >= 0.6 is 0 Å². The van der Waals surface area contributed by atoms with E-state index in [1.165, 1.54) is 22.7 Å². The molecule has 1 heterocycles. The zero-order valence-corrected chi connectivity index (χ0v) is 17.6. The van der Waals surface area contributed by atoms with Crippen LogP contribution in [0, 0.1) is 0 Å². The Kier molecular flexibility index (Phi) is 6.08. The second-order valence-electron chi connectivity index (χ2n) is 7.57. The van der Waals surface area contributed by atoms with Gasteiger partial charge in [0.25, 0.3) is 15.9 Å². The molecular formula is C23H26N2O4S. The number of fused-ring (bicyclic) bond motifs is 1. The molecule has 0 unspecified atom stereocenters. The van der Waals surface area contributed by atoms with Crippen LogP contribution in [0.4, 0.5) is 5.69 Å². The van der Waals surface area contributed by atoms with Crippen LogP contribution in [0.2, 0.25) is 0 Å². The Morgan fingerprint density at radius 3 is 2.60 bits per heavy atom. The molecule has 1 N–H and O–H groups in total. The predicted octanol–water partition coefficient (Wildman–Crippen LogP) is 3.65. The van der Waals surface area contributed by atoms with E-state index in [1.54, 1.807) is 54.6 Å². The fourth-order valence-corrected chi connectivity index (χ4v) is 5.37. The number of sulfonamides is 1. The van der Waals surface area contributed by atoms with Gasteiger partial charge in [-0.1, -0.05) is 42.0 Å². The van der Waals surface area contributed by atoms with E-state index < -0.39 is 16.1 Å². The maximum absolute atomic E-state index is 13.3. The average Bonchev–Trinajstić information content (AvgIpc) is 2.79. The molecule has 4 rings (SSSR count). The van der Waals surface area contributed by atoms with Crippen molar-refractivity contribution in [2.75, 3.05) is 17.4 Å². The van der Waals surface area contributed by atoms with Gasteiger partial charge in [-0.25, -0.2) is 8.42 Å². The Bertz CT molecular complexity index is 1030. The maximum atomic E-state index is 13.3. The third-order valence-corrected chi connectivity index (χ3v) is 7.28. The highest BCUT2D eigenvalue weighted by Crippen LogP contribution is 2.36. The van der Waals surface area contributed by atoms with Gasteiger partial charge in [0, 0.05) is 6.54 Å². The number of anilines is 1. The molecule has 0 aromatic heterocycles. The van der Waals surface area contributed by atoms with E-state index in [1.807, 2.05) is 0 Å². The predicted molar refractivity (Wildman–Crippen MR) is 116 cm³/mol. The van der Waals surface area contributed by atoms with Gasteiger partial charge in [0.2, 0.25) is 0 Å². The van der Waals surface area contributed by atoms with Crippen molar-refractivity contribution in [3.8, 4) is 5.75 Å². The van der Waals surface area contributed by atoms with Crippen molar-refractivity contribution >= 4 is 21.6 Å². The SMILES string of the molecule is O=C(NCCC1=CCCCC1)[C@@H]1CN(S(=O)(=O)c2ccccc2)c2ccccc2O1. The van der Waals surface area contributed by atoms with E-state index in [-0.39, 0.29) is 17.3 Å². The van der Waals surface area contributed by atoms with Crippen LogP contribution in [0.15, 0.2) is 71.1 Å². The van der Waals surface area contributed by atoms with Gasteiger partial charge >= 0.3 is 0 Å². The summed E-state index contributed by atoms with van der Waals surface area (Å²) in [7, 11) is -3.82. The maximum Gasteiger partial charge on any atom is 0.264 e. The Morgan fingerprint density at radius 1 is 1.07 bits per heavy atom. The third-order valence-electron chi connectivity index (χ3n) is 5.49. The molecule has 0 radical (unpaired) electrons. The number of nitrogens with zero attached hydrogens (tertiary/aromatic N) is 1. The van der Waals surface area contributed by atoms with E-state index in [9.17, 15) is 13.2 Å². The van der Waals surface area contributed by atoms with E-state index in [4.69, 9.17) is 4.74 Å². The minimum Gasteiger partial charge on any atom is -0.476 e. The highest BCUT2D eigenvalue weighted by molar-refractivity contribution is 7.92. The largest absolute Gasteiger partial charge is 0.476 e. The van der Waals surface area contributed by atoms with Crippen LogP contribution in [-0.4, -0.2) is 33.5 Å². The molecule has 0 fully saturated rings. The van der Waals surface area contributed by atoms with Gasteiger partial charge in [0.1, 0.15) is 5.75 Å². The van der Waals surface area contributed by atoms with E-state index >= 15 is 0 Å². The Balaban J connectivity index is 1.51. The summed E-state index contributed by atoms with van der Waals surface area (Å²) >= 11 is 0. The number of hydrogen-bond acceptors (Lipinski definition) is 4. The van der Waals surface area contributed by atoms with Gasteiger partial charge in [0.15, 0.2) is 6.10 Å². The quantitative estimate of drug-likeness (QED) is 0.716. The topological polar surface area (TPSA) is 75.7 Å². The Labute approximate surface area is 177 Å². The minimum atomic E-state index is -3.82. The molecule has 7 heteroatoms. The molecule has 1 aliphatic carbocycles. The van der Waals surface area contributed by atoms with Crippen LogP contribution in [0.1, 0.15) is 32.1 Å². The number of ether oxygens (including phenoxy) is 1. The molecule has 30 heavy (non-hydrogen) atoms. The number of carbonyl (C=O) groups excluding carboxylic acids is 1. The van der Waals surface area contributed by atoms with Crippen LogP contribution in [0.5, 0.6) is 5.75 Å². The van der Waals surface area contributed by atoms with E-state index in [0.717, 1.165) is 19.3 Å². The number of benzene rings is 2. The van der Waals surface area contributed by atoms with Crippen LogP contribution < -0.4 is 14.4 Å². The summed E-state index contributed by atoms with van der Waals surface area (Å²) in [6.45, 7) is 0.459. The highest BCUT2D eigenvalue weighted by atomic mass is 32.2. The average molecular weight is 427 g/mol. The van der Waals surface area contributed by atoms with Crippen molar-refractivity contribution in [2.24, 2.45) is 0 Å². The van der Waals surface area contributed by atoms with Gasteiger partial charge < -0.3 is 10.1 Å². The molecule has 1 amide bonds. The van der Waals surface area contributed by atoms with Crippen molar-refractivity contribution in [1.82, 2.24) is 5.32 Å². The lowest BCUT2D eigenvalue weighted by Gasteiger charge is -2.34. The molecule has 2 aliphatic rings. The fraction of sp³-hybridized carbons (Fsp3) is 0.348. The molecule has 0 bridgehead atoms. The molecule has 158 valence electrons. The van der Waals surface area contributed by atoms with Crippen molar-refractivity contribution in [2.45, 2.75) is 43.1 Å². The van der Waals surface area contributed by atoms with Gasteiger partial charge in [-0.2, -0.15) is 0 Å². The number of carbonyl (C=O) groups is 1. The third kappa shape index (κ3) is 4.36. The highest BCUT2D eigenvalue weighted by Gasteiger charge is 2.37. The second-order valence-corrected chi connectivity index (χ2v) is 9.43. The summed E-state index contributed by atoms with van der Waals surface area (Å²) in [5, 5.41) is 2.92. The lowest BCUT2D eigenvalue weighted by molar-refractivity contribution is -0.127. The molecule has 0 saturated heterocycles. The molecule has 2 aromatic carbocycles. The first-order valence-electron chi connectivity index (χ1n) is 10.3. The van der Waals surface area contributed by atoms with Crippen molar-refractivity contribution < 1.29 is 17.9 Å². The normalized spacial score (nSPS) is 18.7. The van der Waals surface area contributed by atoms with E-state index in [0.29, 0.717) is 18.0 Å². The smallest absolute Gasteiger partial charge is 0.264 e. The fourth-order valence-electron chi connectivity index (χ4n) is 3.88. The molecule has 2 aromatic rings. The molecule has 6 nitrogen and oxygen atoms in total. The first kappa shape index (κ1) is 20.5. The number of rotatable bonds is 6. The Hall–Kier alpha value is -2.80. The zero-order chi connectivity index (χ0) is 21.0. The van der Waals surface area contributed by atoms with Crippen LogP contribution in [0.25, 0.3) is 0 Å². The van der Waals surface area contributed by atoms with Crippen molar-refractivity contribution in [1.29, 1.82) is 0 Å².